The number of rotatable bonds is 12. The third kappa shape index (κ3) is 8.83. The second-order valence-corrected chi connectivity index (χ2v) is 12.1. The summed E-state index contributed by atoms with van der Waals surface area (Å²) in [5.41, 5.74) is 1.89. The van der Waals surface area contributed by atoms with Crippen LogP contribution in [0.5, 0.6) is 0 Å². The molecule has 0 aliphatic heterocycles. The first-order valence-corrected chi connectivity index (χ1v) is 13.4. The number of nitrogens with zero attached hydrogens (tertiary/aromatic N) is 6. The highest BCUT2D eigenvalue weighted by Gasteiger charge is 2.17. The van der Waals surface area contributed by atoms with Gasteiger partial charge in [0.15, 0.2) is 12.3 Å². The molecule has 0 atom stereocenters. The number of tetrazole rings is 1. The molecule has 0 saturated heterocycles. The summed E-state index contributed by atoms with van der Waals surface area (Å²) in [7, 11) is 1.73. The predicted octanol–water partition coefficient (Wildman–Crippen LogP) is 4.73. The first-order chi connectivity index (χ1) is 17.3. The van der Waals surface area contributed by atoms with Gasteiger partial charge in [-0.2, -0.15) is 0 Å². The average Bonchev–Trinajstić information content (AvgIpc) is 3.26. The maximum atomic E-state index is 12.4. The fourth-order valence-electron chi connectivity index (χ4n) is 3.04. The highest BCUT2D eigenvalue weighted by molar-refractivity contribution is 8.17. The van der Waals surface area contributed by atoms with E-state index in [-0.39, 0.29) is 11.2 Å². The quantitative estimate of drug-likeness (QED) is 0.202. The normalized spacial score (nSPS) is 11.8. The number of ether oxygens (including phenoxy) is 1. The summed E-state index contributed by atoms with van der Waals surface area (Å²) >= 11 is 3.58. The lowest BCUT2D eigenvalue weighted by molar-refractivity contribution is 0.128. The number of hydrogen-bond acceptors (Lipinski definition) is 10. The number of oxime groups is 1. The van der Waals surface area contributed by atoms with Crippen molar-refractivity contribution in [2.45, 2.75) is 49.4 Å². The molecule has 1 amide bonds. The molecule has 2 heterocycles. The molecule has 0 fully saturated rings. The molecule has 192 valence electrons. The molecule has 10 nitrogen and oxygen atoms in total. The lowest BCUT2D eigenvalue weighted by Crippen LogP contribution is -2.21. The zero-order valence-electron chi connectivity index (χ0n) is 21.0. The number of carbonyl (C=O) groups is 1. The molecule has 36 heavy (non-hydrogen) atoms. The van der Waals surface area contributed by atoms with E-state index < -0.39 is 6.09 Å². The smallest absolute Gasteiger partial charge is 0.412 e. The van der Waals surface area contributed by atoms with Crippen LogP contribution >= 0.6 is 23.5 Å². The van der Waals surface area contributed by atoms with Gasteiger partial charge in [-0.15, -0.1) is 28.6 Å². The van der Waals surface area contributed by atoms with Crippen molar-refractivity contribution in [3.63, 3.8) is 0 Å². The summed E-state index contributed by atoms with van der Waals surface area (Å²) in [5.74, 6) is 0.840. The van der Waals surface area contributed by atoms with E-state index in [4.69, 9.17) is 9.57 Å². The second kappa shape index (κ2) is 13.8. The number of benzene rings is 1. The Kier molecular flexibility index (Phi) is 10.6. The highest BCUT2D eigenvalue weighted by Crippen LogP contribution is 2.30. The van der Waals surface area contributed by atoms with Crippen LogP contribution in [0.2, 0.25) is 0 Å². The second-order valence-electron chi connectivity index (χ2n) is 8.24. The summed E-state index contributed by atoms with van der Waals surface area (Å²) in [5, 5.41) is 19.5. The summed E-state index contributed by atoms with van der Waals surface area (Å²) in [6.45, 7) is 8.93. The van der Waals surface area contributed by atoms with E-state index >= 15 is 0 Å². The zero-order valence-corrected chi connectivity index (χ0v) is 22.6. The molecular formula is C24H31N7O3S2. The van der Waals surface area contributed by atoms with E-state index in [0.29, 0.717) is 40.2 Å². The number of nitrogens with one attached hydrogen (secondary N) is 1. The molecule has 0 aliphatic rings. The van der Waals surface area contributed by atoms with E-state index in [2.05, 4.69) is 58.7 Å². The van der Waals surface area contributed by atoms with Crippen LogP contribution in [0.1, 0.15) is 44.8 Å². The van der Waals surface area contributed by atoms with Gasteiger partial charge in [-0.3, -0.25) is 5.32 Å². The molecule has 0 bridgehead atoms. The summed E-state index contributed by atoms with van der Waals surface area (Å²) in [6, 6.07) is 14.8. The molecule has 1 aromatic carbocycles. The van der Waals surface area contributed by atoms with Gasteiger partial charge in [0, 0.05) is 23.1 Å². The average molecular weight is 530 g/mol. The Morgan fingerprint density at radius 2 is 1.78 bits per heavy atom. The number of aryl methyl sites for hydroxylation is 1. The molecule has 2 aromatic heterocycles. The highest BCUT2D eigenvalue weighted by atomic mass is 32.2. The number of thioether (sulfide) groups is 2. The molecule has 0 saturated carbocycles. The first-order valence-electron chi connectivity index (χ1n) is 11.5. The van der Waals surface area contributed by atoms with Crippen molar-refractivity contribution in [1.29, 1.82) is 0 Å². The van der Waals surface area contributed by atoms with Gasteiger partial charge in [-0.1, -0.05) is 69.2 Å². The van der Waals surface area contributed by atoms with Crippen LogP contribution < -0.4 is 5.32 Å². The molecule has 0 unspecified atom stereocenters. The standard InChI is InChI=1S/C24H31N7O3S2/c1-16(2)35-21(36-17(3)4)15-33-24(32)26-20-13-9-12-19(25-20)14-34-28-22(18-10-7-6-8-11-18)23-27-29-30-31(23)5/h6-13,16-17,21H,14-15H2,1-5H3,(H,25,26,32). The molecule has 0 spiro atoms. The Labute approximate surface area is 219 Å². The maximum absolute atomic E-state index is 12.4. The lowest BCUT2D eigenvalue weighted by atomic mass is 10.1. The Balaban J connectivity index is 1.60. The van der Waals surface area contributed by atoms with Crippen LogP contribution in [-0.2, 0) is 23.2 Å². The molecule has 12 heteroatoms. The van der Waals surface area contributed by atoms with E-state index in [1.165, 1.54) is 4.68 Å². The summed E-state index contributed by atoms with van der Waals surface area (Å²) in [4.78, 5) is 22.4. The maximum Gasteiger partial charge on any atom is 0.412 e. The topological polar surface area (TPSA) is 116 Å². The number of anilines is 1. The van der Waals surface area contributed by atoms with Crippen molar-refractivity contribution >= 4 is 41.1 Å². The first kappa shape index (κ1) is 27.5. The third-order valence-corrected chi connectivity index (χ3v) is 7.12. The van der Waals surface area contributed by atoms with Crippen LogP contribution in [0, 0.1) is 0 Å². The van der Waals surface area contributed by atoms with Gasteiger partial charge in [-0.05, 0) is 22.6 Å². The molecular weight excluding hydrogens is 498 g/mol. The van der Waals surface area contributed by atoms with Gasteiger partial charge in [0.05, 0.1) is 10.3 Å². The van der Waals surface area contributed by atoms with Crippen molar-refractivity contribution in [2.75, 3.05) is 11.9 Å². The number of carbonyl (C=O) groups excluding carboxylic acids is 1. The number of aromatic nitrogens is 5. The molecule has 0 radical (unpaired) electrons. The van der Waals surface area contributed by atoms with Crippen molar-refractivity contribution in [3.8, 4) is 0 Å². The van der Waals surface area contributed by atoms with E-state index in [1.807, 2.05) is 30.3 Å². The van der Waals surface area contributed by atoms with Crippen LogP contribution in [0.4, 0.5) is 10.6 Å². The van der Waals surface area contributed by atoms with Gasteiger partial charge in [0.1, 0.15) is 12.4 Å². The molecule has 0 aliphatic carbocycles. The fraction of sp³-hybridized carbons (Fsp3) is 0.417. The Morgan fingerprint density at radius 3 is 2.42 bits per heavy atom. The van der Waals surface area contributed by atoms with Crippen LogP contribution in [0.3, 0.4) is 0 Å². The zero-order chi connectivity index (χ0) is 25.9. The SMILES string of the molecule is CC(C)SC(COC(=O)Nc1cccc(CON=C(c2ccccc2)c2nnnn2C)n1)SC(C)C. The van der Waals surface area contributed by atoms with Crippen molar-refractivity contribution in [1.82, 2.24) is 25.2 Å². The van der Waals surface area contributed by atoms with Gasteiger partial charge in [0.25, 0.3) is 0 Å². The Morgan fingerprint density at radius 1 is 1.06 bits per heavy atom. The van der Waals surface area contributed by atoms with E-state index in [9.17, 15) is 4.79 Å². The molecule has 3 rings (SSSR count). The van der Waals surface area contributed by atoms with E-state index in [1.54, 1.807) is 48.8 Å². The van der Waals surface area contributed by atoms with Crippen molar-refractivity contribution in [3.05, 3.63) is 65.6 Å². The van der Waals surface area contributed by atoms with Crippen LogP contribution in [0.15, 0.2) is 53.7 Å². The largest absolute Gasteiger partial charge is 0.447 e. The number of amides is 1. The summed E-state index contributed by atoms with van der Waals surface area (Å²) < 4.78 is 7.15. The number of hydrogen-bond donors (Lipinski definition) is 1. The van der Waals surface area contributed by atoms with Gasteiger partial charge in [0.2, 0.25) is 5.82 Å². The monoisotopic (exact) mass is 529 g/mol. The minimum atomic E-state index is -0.543. The minimum absolute atomic E-state index is 0.0876. The Hall–Kier alpha value is -3.12. The Bertz CT molecular complexity index is 1130. The van der Waals surface area contributed by atoms with Gasteiger partial charge < -0.3 is 9.57 Å². The van der Waals surface area contributed by atoms with Gasteiger partial charge >= 0.3 is 6.09 Å². The minimum Gasteiger partial charge on any atom is -0.447 e. The van der Waals surface area contributed by atoms with Gasteiger partial charge in [-0.25, -0.2) is 14.5 Å². The molecule has 3 aromatic rings. The van der Waals surface area contributed by atoms with Crippen molar-refractivity contribution in [2.24, 2.45) is 12.2 Å². The van der Waals surface area contributed by atoms with Crippen molar-refractivity contribution < 1.29 is 14.4 Å². The third-order valence-electron chi connectivity index (χ3n) is 4.48. The van der Waals surface area contributed by atoms with Crippen LogP contribution in [-0.4, -0.2) is 58.7 Å². The number of pyridine rings is 1. The molecule has 1 N–H and O–H groups in total. The van der Waals surface area contributed by atoms with E-state index in [0.717, 1.165) is 5.56 Å². The lowest BCUT2D eigenvalue weighted by Gasteiger charge is -2.20. The van der Waals surface area contributed by atoms with Crippen LogP contribution in [0.25, 0.3) is 0 Å². The fourth-order valence-corrected chi connectivity index (χ4v) is 6.14. The summed E-state index contributed by atoms with van der Waals surface area (Å²) in [6.07, 6.45) is -0.543. The predicted molar refractivity (Wildman–Crippen MR) is 144 cm³/mol.